The Balaban J connectivity index is 1.86. The molecule has 0 amide bonds. The van der Waals surface area contributed by atoms with Gasteiger partial charge in [-0.25, -0.2) is 9.97 Å². The highest BCUT2D eigenvalue weighted by atomic mass is 32.1. The highest BCUT2D eigenvalue weighted by Crippen LogP contribution is 2.39. The van der Waals surface area contributed by atoms with Gasteiger partial charge in [-0.1, -0.05) is 30.3 Å². The number of fused-ring (bicyclic) bond motifs is 1. The highest BCUT2D eigenvalue weighted by Gasteiger charge is 2.20. The van der Waals surface area contributed by atoms with Gasteiger partial charge in [-0.15, -0.1) is 11.3 Å². The van der Waals surface area contributed by atoms with Crippen molar-refractivity contribution in [1.82, 2.24) is 15.0 Å². The molecule has 4 aromatic rings. The Morgan fingerprint density at radius 1 is 1.04 bits per heavy atom. The van der Waals surface area contributed by atoms with E-state index >= 15 is 0 Å². The molecule has 0 unspecified atom stereocenters. The van der Waals surface area contributed by atoms with Crippen LogP contribution in [0, 0.1) is 10.1 Å². The van der Waals surface area contributed by atoms with Crippen molar-refractivity contribution in [3.63, 3.8) is 0 Å². The van der Waals surface area contributed by atoms with E-state index in [1.165, 1.54) is 29.9 Å². The van der Waals surface area contributed by atoms with E-state index in [1.807, 2.05) is 35.7 Å². The van der Waals surface area contributed by atoms with Crippen LogP contribution in [-0.2, 0) is 0 Å². The fourth-order valence-corrected chi connectivity index (χ4v) is 3.36. The van der Waals surface area contributed by atoms with Crippen LogP contribution in [0.25, 0.3) is 21.3 Å². The maximum Gasteiger partial charge on any atom is 0.406 e. The Hall–Kier alpha value is -3.39. The van der Waals surface area contributed by atoms with Crippen LogP contribution >= 0.6 is 11.3 Å². The maximum atomic E-state index is 11.1. The summed E-state index contributed by atoms with van der Waals surface area (Å²) in [4.78, 5) is 23.5. The second-order valence-corrected chi connectivity index (χ2v) is 5.92. The smallest absolute Gasteiger partial charge is 0.406 e. The van der Waals surface area contributed by atoms with E-state index in [9.17, 15) is 10.1 Å². The molecule has 0 spiro atoms. The molecular weight excluding hydrogens is 340 g/mol. The van der Waals surface area contributed by atoms with Gasteiger partial charge in [-0.2, -0.15) is 0 Å². The Bertz CT molecular complexity index is 1070. The number of rotatable bonds is 4. The molecule has 3 aromatic heterocycles. The molecule has 0 saturated carbocycles. The van der Waals surface area contributed by atoms with Crippen LogP contribution in [0.5, 0.6) is 11.6 Å². The summed E-state index contributed by atoms with van der Waals surface area (Å²) in [6, 6.07) is 12.8. The van der Waals surface area contributed by atoms with Gasteiger partial charge in [0.25, 0.3) is 0 Å². The number of aromatic nitrogens is 3. The molecule has 25 heavy (non-hydrogen) atoms. The summed E-state index contributed by atoms with van der Waals surface area (Å²) in [5.41, 5.74) is 1.91. The monoisotopic (exact) mass is 350 g/mol. The number of pyridine rings is 1. The maximum absolute atomic E-state index is 11.1. The number of hydrogen-bond acceptors (Lipinski definition) is 7. The van der Waals surface area contributed by atoms with Crippen LogP contribution in [0.1, 0.15) is 0 Å². The summed E-state index contributed by atoms with van der Waals surface area (Å²) in [5, 5.41) is 13.8. The second kappa shape index (κ2) is 6.25. The lowest BCUT2D eigenvalue weighted by Gasteiger charge is -2.07. The predicted molar refractivity (Wildman–Crippen MR) is 93.8 cm³/mol. The average Bonchev–Trinajstić information content (AvgIpc) is 3.08. The quantitative estimate of drug-likeness (QED) is 0.399. The fourth-order valence-electron chi connectivity index (χ4n) is 2.46. The minimum atomic E-state index is -0.584. The van der Waals surface area contributed by atoms with Gasteiger partial charge in [-0.3, -0.25) is 0 Å². The van der Waals surface area contributed by atoms with E-state index in [2.05, 4.69) is 15.0 Å². The summed E-state index contributed by atoms with van der Waals surface area (Å²) in [7, 11) is 0. The first-order valence-corrected chi connectivity index (χ1v) is 8.17. The van der Waals surface area contributed by atoms with Crippen molar-refractivity contribution in [3.05, 3.63) is 70.5 Å². The van der Waals surface area contributed by atoms with E-state index in [1.54, 1.807) is 6.07 Å². The van der Waals surface area contributed by atoms with Crippen molar-refractivity contribution < 1.29 is 9.66 Å². The molecular formula is C17H10N4O3S. The van der Waals surface area contributed by atoms with Gasteiger partial charge >= 0.3 is 5.82 Å². The van der Waals surface area contributed by atoms with E-state index in [0.29, 0.717) is 0 Å². The standard InChI is InChI=1S/C17H10N4O3S/c22-21(23)15-13(7-4-8-18-15)24-16-14-12(11-5-2-1-3-6-11)9-25-17(14)20-10-19-16/h1-10H. The van der Waals surface area contributed by atoms with E-state index < -0.39 is 4.92 Å². The van der Waals surface area contributed by atoms with Crippen LogP contribution < -0.4 is 4.74 Å². The van der Waals surface area contributed by atoms with Crippen LogP contribution in [0.4, 0.5) is 5.82 Å². The van der Waals surface area contributed by atoms with Gasteiger partial charge < -0.3 is 14.9 Å². The number of ether oxygens (including phenoxy) is 1. The summed E-state index contributed by atoms with van der Waals surface area (Å²) in [5.74, 6) is -0.0512. The number of nitrogens with zero attached hydrogens (tertiary/aromatic N) is 4. The zero-order valence-electron chi connectivity index (χ0n) is 12.7. The molecule has 4 rings (SSSR count). The van der Waals surface area contributed by atoms with Crippen molar-refractivity contribution in [2.45, 2.75) is 0 Å². The molecule has 0 aliphatic carbocycles. The lowest BCUT2D eigenvalue weighted by Crippen LogP contribution is -1.97. The van der Waals surface area contributed by atoms with Crippen LogP contribution in [0.2, 0.25) is 0 Å². The highest BCUT2D eigenvalue weighted by molar-refractivity contribution is 7.17. The van der Waals surface area contributed by atoms with Crippen LogP contribution in [-0.4, -0.2) is 19.9 Å². The molecule has 0 N–H and O–H groups in total. The average molecular weight is 350 g/mol. The normalized spacial score (nSPS) is 10.7. The summed E-state index contributed by atoms with van der Waals surface area (Å²) < 4.78 is 5.76. The molecule has 0 fully saturated rings. The molecule has 0 bridgehead atoms. The number of hydrogen-bond donors (Lipinski definition) is 0. The topological polar surface area (TPSA) is 91.0 Å². The molecule has 0 aliphatic rings. The van der Waals surface area contributed by atoms with Crippen LogP contribution in [0.3, 0.4) is 0 Å². The minimum Gasteiger partial charge on any atom is -0.429 e. The zero-order valence-corrected chi connectivity index (χ0v) is 13.5. The van der Waals surface area contributed by atoms with E-state index in [4.69, 9.17) is 4.74 Å². The molecule has 0 atom stereocenters. The summed E-state index contributed by atoms with van der Waals surface area (Å²) in [6.45, 7) is 0. The van der Waals surface area contributed by atoms with Gasteiger partial charge in [-0.05, 0) is 27.6 Å². The Kier molecular flexibility index (Phi) is 3.79. The number of benzene rings is 1. The summed E-state index contributed by atoms with van der Waals surface area (Å²) in [6.07, 6.45) is 2.73. The van der Waals surface area contributed by atoms with Crippen molar-refractivity contribution >= 4 is 27.4 Å². The summed E-state index contributed by atoms with van der Waals surface area (Å²) >= 11 is 1.46. The Labute approximate surface area is 145 Å². The van der Waals surface area contributed by atoms with Gasteiger partial charge in [0, 0.05) is 10.9 Å². The first-order valence-electron chi connectivity index (χ1n) is 7.29. The third-order valence-electron chi connectivity index (χ3n) is 3.55. The SMILES string of the molecule is O=[N+]([O-])c1ncccc1Oc1ncnc2scc(-c3ccccc3)c12. The Morgan fingerprint density at radius 2 is 1.88 bits per heavy atom. The first kappa shape index (κ1) is 15.2. The van der Waals surface area contributed by atoms with E-state index in [-0.39, 0.29) is 17.4 Å². The number of thiophene rings is 1. The third-order valence-corrected chi connectivity index (χ3v) is 4.44. The van der Waals surface area contributed by atoms with E-state index in [0.717, 1.165) is 21.3 Å². The zero-order chi connectivity index (χ0) is 17.2. The van der Waals surface area contributed by atoms with Crippen molar-refractivity contribution in [2.24, 2.45) is 0 Å². The largest absolute Gasteiger partial charge is 0.429 e. The minimum absolute atomic E-state index is 0.0395. The lowest BCUT2D eigenvalue weighted by atomic mass is 10.1. The third kappa shape index (κ3) is 2.79. The van der Waals surface area contributed by atoms with Gasteiger partial charge in [0.15, 0.2) is 0 Å². The van der Waals surface area contributed by atoms with Crippen molar-refractivity contribution in [2.75, 3.05) is 0 Å². The lowest BCUT2D eigenvalue weighted by molar-refractivity contribution is -0.390. The Morgan fingerprint density at radius 3 is 2.68 bits per heavy atom. The first-order chi connectivity index (χ1) is 12.2. The van der Waals surface area contributed by atoms with Gasteiger partial charge in [0.05, 0.1) is 5.39 Å². The van der Waals surface area contributed by atoms with Crippen LogP contribution in [0.15, 0.2) is 60.4 Å². The van der Waals surface area contributed by atoms with Crippen molar-refractivity contribution in [1.29, 1.82) is 0 Å². The fraction of sp³-hybridized carbons (Fsp3) is 0. The molecule has 8 heteroatoms. The second-order valence-electron chi connectivity index (χ2n) is 5.06. The molecule has 1 aromatic carbocycles. The molecule has 0 radical (unpaired) electrons. The van der Waals surface area contributed by atoms with Gasteiger partial charge in [0.2, 0.25) is 11.6 Å². The molecule has 122 valence electrons. The van der Waals surface area contributed by atoms with Gasteiger partial charge in [0.1, 0.15) is 17.4 Å². The molecule has 0 saturated heterocycles. The molecule has 7 nitrogen and oxygen atoms in total. The predicted octanol–water partition coefficient (Wildman–Crippen LogP) is 4.45. The number of nitro groups is 1. The van der Waals surface area contributed by atoms with Crippen molar-refractivity contribution in [3.8, 4) is 22.8 Å². The molecule has 3 heterocycles. The molecule has 0 aliphatic heterocycles.